The number of rotatable bonds is 9. The first-order valence-electron chi connectivity index (χ1n) is 13.1. The van der Waals surface area contributed by atoms with E-state index in [0.717, 1.165) is 49.5 Å². The maximum atomic E-state index is 13.9. The van der Waals surface area contributed by atoms with Crippen molar-refractivity contribution < 1.29 is 19.1 Å². The first-order valence-corrected chi connectivity index (χ1v) is 13.1. The molecular weight excluding hydrogens is 454 g/mol. The van der Waals surface area contributed by atoms with Crippen LogP contribution in [-0.2, 0) is 16.1 Å². The van der Waals surface area contributed by atoms with Crippen molar-refractivity contribution in [3.05, 3.63) is 59.7 Å². The molecule has 2 aromatic rings. The van der Waals surface area contributed by atoms with Gasteiger partial charge < -0.3 is 19.3 Å². The summed E-state index contributed by atoms with van der Waals surface area (Å²) in [5, 5.41) is 0. The molecule has 0 aliphatic carbocycles. The van der Waals surface area contributed by atoms with Crippen molar-refractivity contribution in [1.29, 1.82) is 0 Å². The third-order valence-electron chi connectivity index (χ3n) is 7.48. The van der Waals surface area contributed by atoms with Gasteiger partial charge in [0.05, 0.1) is 26.2 Å². The van der Waals surface area contributed by atoms with Gasteiger partial charge in [-0.1, -0.05) is 43.7 Å². The number of ether oxygens (including phenoxy) is 2. The number of piperidine rings is 1. The lowest BCUT2D eigenvalue weighted by Crippen LogP contribution is -2.54. The molecule has 0 N–H and O–H groups in total. The van der Waals surface area contributed by atoms with E-state index in [1.54, 1.807) is 14.2 Å². The summed E-state index contributed by atoms with van der Waals surface area (Å²) in [6.45, 7) is 6.72. The SMILES string of the molecule is CCCCN1C(=O)CCC(C(=O)N2CCN(Cc3ccc(OC)cc3)CC2)C1c1ccccc1OC. The van der Waals surface area contributed by atoms with Gasteiger partial charge in [-0.05, 0) is 36.6 Å². The summed E-state index contributed by atoms with van der Waals surface area (Å²) in [6.07, 6.45) is 2.91. The molecule has 0 spiro atoms. The van der Waals surface area contributed by atoms with Gasteiger partial charge in [-0.15, -0.1) is 0 Å². The second-order valence-electron chi connectivity index (χ2n) is 9.72. The monoisotopic (exact) mass is 493 g/mol. The molecule has 2 fully saturated rings. The Balaban J connectivity index is 1.48. The number of nitrogens with zero attached hydrogens (tertiary/aromatic N) is 3. The summed E-state index contributed by atoms with van der Waals surface area (Å²) in [4.78, 5) is 33.3. The molecule has 7 nitrogen and oxygen atoms in total. The lowest BCUT2D eigenvalue weighted by atomic mass is 9.82. The number of benzene rings is 2. The molecule has 2 unspecified atom stereocenters. The average Bonchev–Trinajstić information content (AvgIpc) is 2.92. The van der Waals surface area contributed by atoms with Crippen LogP contribution < -0.4 is 9.47 Å². The van der Waals surface area contributed by atoms with Gasteiger partial charge >= 0.3 is 0 Å². The van der Waals surface area contributed by atoms with E-state index in [1.807, 2.05) is 46.2 Å². The fraction of sp³-hybridized carbons (Fsp3) is 0.517. The van der Waals surface area contributed by atoms with E-state index in [-0.39, 0.29) is 23.8 Å². The smallest absolute Gasteiger partial charge is 0.228 e. The van der Waals surface area contributed by atoms with E-state index >= 15 is 0 Å². The van der Waals surface area contributed by atoms with Crippen LogP contribution in [0.25, 0.3) is 0 Å². The predicted molar refractivity (Wildman–Crippen MR) is 140 cm³/mol. The quantitative estimate of drug-likeness (QED) is 0.526. The van der Waals surface area contributed by atoms with E-state index in [2.05, 4.69) is 24.0 Å². The molecule has 0 bridgehead atoms. The standard InChI is InChI=1S/C29H39N3O4/c1-4-5-16-32-27(33)15-14-25(28(32)24-8-6-7-9-26(24)36-3)29(34)31-19-17-30(18-20-31)21-22-10-12-23(35-2)13-11-22/h6-13,25,28H,4-5,14-21H2,1-3H3. The molecule has 2 saturated heterocycles. The molecule has 0 radical (unpaired) electrons. The van der Waals surface area contributed by atoms with E-state index in [0.29, 0.717) is 32.5 Å². The fourth-order valence-corrected chi connectivity index (χ4v) is 5.45. The van der Waals surface area contributed by atoms with E-state index < -0.39 is 0 Å². The number of piperazine rings is 1. The van der Waals surface area contributed by atoms with Crippen LogP contribution in [-0.4, -0.2) is 73.5 Å². The molecule has 194 valence electrons. The third kappa shape index (κ3) is 5.84. The first-order chi connectivity index (χ1) is 17.5. The zero-order valence-corrected chi connectivity index (χ0v) is 21.8. The lowest BCUT2D eigenvalue weighted by molar-refractivity contribution is -0.149. The Morgan fingerprint density at radius 3 is 2.36 bits per heavy atom. The van der Waals surface area contributed by atoms with Crippen LogP contribution in [0.3, 0.4) is 0 Å². The number of unbranched alkanes of at least 4 members (excludes halogenated alkanes) is 1. The number of hydrogen-bond donors (Lipinski definition) is 0. The highest BCUT2D eigenvalue weighted by molar-refractivity contribution is 5.85. The largest absolute Gasteiger partial charge is 0.497 e. The minimum atomic E-state index is -0.293. The number of likely N-dealkylation sites (tertiary alicyclic amines) is 1. The lowest BCUT2D eigenvalue weighted by Gasteiger charge is -2.44. The fourth-order valence-electron chi connectivity index (χ4n) is 5.45. The van der Waals surface area contributed by atoms with Crippen molar-refractivity contribution in [2.45, 2.75) is 45.2 Å². The number of carbonyl (C=O) groups is 2. The highest BCUT2D eigenvalue weighted by Crippen LogP contribution is 2.41. The van der Waals surface area contributed by atoms with Crippen molar-refractivity contribution in [2.75, 3.05) is 46.9 Å². The molecule has 2 aliphatic heterocycles. The Bertz CT molecular complexity index is 1020. The van der Waals surface area contributed by atoms with Crippen molar-refractivity contribution in [3.8, 4) is 11.5 Å². The van der Waals surface area contributed by atoms with Crippen LogP contribution in [0, 0.1) is 5.92 Å². The highest BCUT2D eigenvalue weighted by Gasteiger charge is 2.43. The second kappa shape index (κ2) is 12.3. The van der Waals surface area contributed by atoms with E-state index in [9.17, 15) is 9.59 Å². The molecule has 0 aromatic heterocycles. The van der Waals surface area contributed by atoms with Crippen LogP contribution in [0.4, 0.5) is 0 Å². The number of hydrogen-bond acceptors (Lipinski definition) is 5. The topological polar surface area (TPSA) is 62.3 Å². The Morgan fingerprint density at radius 2 is 1.69 bits per heavy atom. The second-order valence-corrected chi connectivity index (χ2v) is 9.72. The Hall–Kier alpha value is -3.06. The Kier molecular flexibility index (Phi) is 8.86. The molecular formula is C29H39N3O4. The summed E-state index contributed by atoms with van der Waals surface area (Å²) in [5.41, 5.74) is 2.17. The van der Waals surface area contributed by atoms with Crippen LogP contribution in [0.15, 0.2) is 48.5 Å². The molecule has 4 rings (SSSR count). The first kappa shape index (κ1) is 26.0. The average molecular weight is 494 g/mol. The minimum absolute atomic E-state index is 0.132. The summed E-state index contributed by atoms with van der Waals surface area (Å²) in [5.74, 6) is 1.62. The number of carbonyl (C=O) groups excluding carboxylic acids is 2. The van der Waals surface area contributed by atoms with Crippen molar-refractivity contribution >= 4 is 11.8 Å². The van der Waals surface area contributed by atoms with E-state index in [4.69, 9.17) is 9.47 Å². The van der Waals surface area contributed by atoms with Gasteiger partial charge in [-0.3, -0.25) is 14.5 Å². The molecule has 2 aromatic carbocycles. The third-order valence-corrected chi connectivity index (χ3v) is 7.48. The van der Waals surface area contributed by atoms with Gasteiger partial charge in [0.25, 0.3) is 0 Å². The van der Waals surface area contributed by atoms with Gasteiger partial charge in [-0.25, -0.2) is 0 Å². The highest BCUT2D eigenvalue weighted by atomic mass is 16.5. The maximum Gasteiger partial charge on any atom is 0.228 e. The minimum Gasteiger partial charge on any atom is -0.497 e. The van der Waals surface area contributed by atoms with Crippen LogP contribution in [0.2, 0.25) is 0 Å². The van der Waals surface area contributed by atoms with Crippen LogP contribution in [0.5, 0.6) is 11.5 Å². The van der Waals surface area contributed by atoms with Crippen LogP contribution >= 0.6 is 0 Å². The predicted octanol–water partition coefficient (Wildman–Crippen LogP) is 4.13. The number of amides is 2. The zero-order chi connectivity index (χ0) is 25.5. The van der Waals surface area contributed by atoms with Gasteiger partial charge in [0.2, 0.25) is 11.8 Å². The summed E-state index contributed by atoms with van der Waals surface area (Å²) in [7, 11) is 3.33. The molecule has 0 saturated carbocycles. The normalized spacial score (nSPS) is 20.9. The maximum absolute atomic E-state index is 13.9. The van der Waals surface area contributed by atoms with Gasteiger partial charge in [-0.2, -0.15) is 0 Å². The van der Waals surface area contributed by atoms with Crippen molar-refractivity contribution in [3.63, 3.8) is 0 Å². The zero-order valence-electron chi connectivity index (χ0n) is 21.8. The Labute approximate surface area is 215 Å². The Morgan fingerprint density at radius 1 is 0.972 bits per heavy atom. The van der Waals surface area contributed by atoms with Crippen molar-refractivity contribution in [1.82, 2.24) is 14.7 Å². The molecule has 2 heterocycles. The molecule has 7 heteroatoms. The van der Waals surface area contributed by atoms with Gasteiger partial charge in [0.15, 0.2) is 0 Å². The summed E-state index contributed by atoms with van der Waals surface area (Å²) in [6, 6.07) is 15.7. The van der Waals surface area contributed by atoms with Crippen LogP contribution in [0.1, 0.15) is 49.8 Å². The molecule has 2 aliphatic rings. The van der Waals surface area contributed by atoms with Crippen molar-refractivity contribution in [2.24, 2.45) is 5.92 Å². The van der Waals surface area contributed by atoms with E-state index in [1.165, 1.54) is 5.56 Å². The molecule has 2 atom stereocenters. The summed E-state index contributed by atoms with van der Waals surface area (Å²) >= 11 is 0. The molecule has 2 amide bonds. The van der Waals surface area contributed by atoms with Gasteiger partial charge in [0.1, 0.15) is 11.5 Å². The van der Waals surface area contributed by atoms with Gasteiger partial charge in [0, 0.05) is 51.3 Å². The summed E-state index contributed by atoms with van der Waals surface area (Å²) < 4.78 is 10.9. The molecule has 36 heavy (non-hydrogen) atoms. The number of methoxy groups -OCH3 is 2. The number of para-hydroxylation sites is 1.